The standard InChI is InChI=1S/C15H14ClF3N4O2/c16-13-3-2-11(6-12(13)15(17,18)19)22-14(25)10(7-21)8-23(9-24)5-1-4-20/h2-3,6,8-9H,1,4-5,20H2,(H,22,25)/b10-8-. The van der Waals surface area contributed by atoms with Gasteiger partial charge in [-0.3, -0.25) is 9.59 Å². The Bertz CT molecular complexity index is 714. The maximum atomic E-state index is 12.8. The lowest BCUT2D eigenvalue weighted by Crippen LogP contribution is -2.22. The molecule has 0 aliphatic heterocycles. The van der Waals surface area contributed by atoms with E-state index in [0.29, 0.717) is 25.4 Å². The van der Waals surface area contributed by atoms with Gasteiger partial charge in [0.25, 0.3) is 5.91 Å². The van der Waals surface area contributed by atoms with Crippen LogP contribution in [0.15, 0.2) is 30.0 Å². The van der Waals surface area contributed by atoms with Crippen molar-refractivity contribution in [2.75, 3.05) is 18.4 Å². The van der Waals surface area contributed by atoms with Gasteiger partial charge in [-0.05, 0) is 31.2 Å². The van der Waals surface area contributed by atoms with Crippen molar-refractivity contribution in [3.05, 3.63) is 40.6 Å². The van der Waals surface area contributed by atoms with E-state index in [1.807, 2.05) is 0 Å². The third-order valence-corrected chi connectivity index (χ3v) is 3.28. The van der Waals surface area contributed by atoms with E-state index in [4.69, 9.17) is 22.6 Å². The van der Waals surface area contributed by atoms with Crippen LogP contribution >= 0.6 is 11.6 Å². The molecule has 0 radical (unpaired) electrons. The smallest absolute Gasteiger partial charge is 0.330 e. The Labute approximate surface area is 146 Å². The van der Waals surface area contributed by atoms with E-state index in [-0.39, 0.29) is 12.2 Å². The van der Waals surface area contributed by atoms with Crippen molar-refractivity contribution in [3.8, 4) is 6.07 Å². The topological polar surface area (TPSA) is 99.2 Å². The van der Waals surface area contributed by atoms with Crippen molar-refractivity contribution in [2.24, 2.45) is 5.73 Å². The first-order chi connectivity index (χ1) is 11.7. The molecule has 10 heteroatoms. The summed E-state index contributed by atoms with van der Waals surface area (Å²) in [4.78, 5) is 24.0. The quantitative estimate of drug-likeness (QED) is 0.435. The summed E-state index contributed by atoms with van der Waals surface area (Å²) in [5.41, 5.74) is 3.55. The van der Waals surface area contributed by atoms with Crippen LogP contribution in [-0.2, 0) is 15.8 Å². The molecule has 0 aliphatic rings. The first-order valence-electron chi connectivity index (χ1n) is 6.94. The molecule has 1 aromatic rings. The zero-order valence-electron chi connectivity index (χ0n) is 12.8. The summed E-state index contributed by atoms with van der Waals surface area (Å²) in [5.74, 6) is -0.961. The highest BCUT2D eigenvalue weighted by Crippen LogP contribution is 2.36. The van der Waals surface area contributed by atoms with Gasteiger partial charge in [0, 0.05) is 18.4 Å². The van der Waals surface area contributed by atoms with Crippen molar-refractivity contribution in [2.45, 2.75) is 12.6 Å². The maximum absolute atomic E-state index is 12.8. The normalized spacial score (nSPS) is 11.6. The number of nitrogens with two attached hydrogens (primary N) is 1. The van der Waals surface area contributed by atoms with Crippen LogP contribution in [-0.4, -0.2) is 30.3 Å². The van der Waals surface area contributed by atoms with Crippen LogP contribution in [0.1, 0.15) is 12.0 Å². The fourth-order valence-electron chi connectivity index (χ4n) is 1.74. The number of carbonyl (C=O) groups excluding carboxylic acids is 2. The van der Waals surface area contributed by atoms with Gasteiger partial charge in [0.05, 0.1) is 10.6 Å². The molecule has 1 aromatic carbocycles. The minimum absolute atomic E-state index is 0.192. The molecule has 0 fully saturated rings. The molecule has 0 bridgehead atoms. The number of alkyl halides is 3. The van der Waals surface area contributed by atoms with Crippen molar-refractivity contribution in [1.82, 2.24) is 4.90 Å². The monoisotopic (exact) mass is 374 g/mol. The number of nitrogens with zero attached hydrogens (tertiary/aromatic N) is 2. The summed E-state index contributed by atoms with van der Waals surface area (Å²) >= 11 is 5.49. The molecular weight excluding hydrogens is 361 g/mol. The Kier molecular flexibility index (Phi) is 7.42. The van der Waals surface area contributed by atoms with Crippen molar-refractivity contribution < 1.29 is 22.8 Å². The summed E-state index contributed by atoms with van der Waals surface area (Å²) in [7, 11) is 0. The van der Waals surface area contributed by atoms with E-state index in [1.54, 1.807) is 6.07 Å². The van der Waals surface area contributed by atoms with Crippen molar-refractivity contribution >= 4 is 29.6 Å². The third kappa shape index (κ3) is 6.10. The SMILES string of the molecule is N#C/C(=C/N(C=O)CCCN)C(=O)Nc1ccc(Cl)c(C(F)(F)F)c1. The van der Waals surface area contributed by atoms with E-state index in [0.717, 1.165) is 23.2 Å². The first kappa shape index (κ1) is 20.5. The van der Waals surface area contributed by atoms with Crippen LogP contribution in [0, 0.1) is 11.3 Å². The van der Waals surface area contributed by atoms with Crippen LogP contribution in [0.25, 0.3) is 0 Å². The van der Waals surface area contributed by atoms with Gasteiger partial charge < -0.3 is 16.0 Å². The summed E-state index contributed by atoms with van der Waals surface area (Å²) < 4.78 is 38.4. The molecule has 0 saturated heterocycles. The highest BCUT2D eigenvalue weighted by molar-refractivity contribution is 6.31. The largest absolute Gasteiger partial charge is 0.417 e. The fourth-order valence-corrected chi connectivity index (χ4v) is 1.97. The first-order valence-corrected chi connectivity index (χ1v) is 7.31. The van der Waals surface area contributed by atoms with Gasteiger partial charge >= 0.3 is 6.18 Å². The lowest BCUT2D eigenvalue weighted by molar-refractivity contribution is -0.137. The molecule has 0 spiro atoms. The van der Waals surface area contributed by atoms with Gasteiger partial charge in [-0.2, -0.15) is 18.4 Å². The molecule has 0 heterocycles. The molecule has 0 aromatic heterocycles. The summed E-state index contributed by atoms with van der Waals surface area (Å²) in [6.07, 6.45) is -2.84. The number of halogens is 4. The second-order valence-electron chi connectivity index (χ2n) is 4.79. The maximum Gasteiger partial charge on any atom is 0.417 e. The minimum Gasteiger partial charge on any atom is -0.330 e. The molecule has 1 rings (SSSR count). The highest BCUT2D eigenvalue weighted by atomic mass is 35.5. The van der Waals surface area contributed by atoms with E-state index < -0.39 is 28.2 Å². The number of amides is 2. The second kappa shape index (κ2) is 9.05. The number of hydrogen-bond acceptors (Lipinski definition) is 4. The minimum atomic E-state index is -4.69. The van der Waals surface area contributed by atoms with Gasteiger partial charge in [0.1, 0.15) is 11.6 Å². The molecule has 0 saturated carbocycles. The molecule has 0 aliphatic carbocycles. The summed E-state index contributed by atoms with van der Waals surface area (Å²) in [6, 6.07) is 4.39. The van der Waals surface area contributed by atoms with Crippen LogP contribution in [0.3, 0.4) is 0 Å². The van der Waals surface area contributed by atoms with E-state index in [9.17, 15) is 22.8 Å². The number of carbonyl (C=O) groups is 2. The molecule has 25 heavy (non-hydrogen) atoms. The second-order valence-corrected chi connectivity index (χ2v) is 5.19. The fraction of sp³-hybridized carbons (Fsp3) is 0.267. The lowest BCUT2D eigenvalue weighted by atomic mass is 10.2. The Balaban J connectivity index is 3.00. The van der Waals surface area contributed by atoms with Crippen molar-refractivity contribution in [1.29, 1.82) is 5.26 Å². The predicted octanol–water partition coefficient (Wildman–Crippen LogP) is 2.51. The number of benzene rings is 1. The number of rotatable bonds is 7. The Morgan fingerprint density at radius 2 is 2.12 bits per heavy atom. The molecular formula is C15H14ClF3N4O2. The number of nitriles is 1. The van der Waals surface area contributed by atoms with Gasteiger partial charge in [-0.25, -0.2) is 0 Å². The Morgan fingerprint density at radius 3 is 2.64 bits per heavy atom. The molecule has 2 amide bonds. The van der Waals surface area contributed by atoms with Crippen LogP contribution in [0.2, 0.25) is 5.02 Å². The predicted molar refractivity (Wildman–Crippen MR) is 85.2 cm³/mol. The Hall–Kier alpha value is -2.57. The average Bonchev–Trinajstić information content (AvgIpc) is 2.55. The van der Waals surface area contributed by atoms with E-state index >= 15 is 0 Å². The van der Waals surface area contributed by atoms with Crippen LogP contribution in [0.5, 0.6) is 0 Å². The lowest BCUT2D eigenvalue weighted by Gasteiger charge is -2.13. The highest BCUT2D eigenvalue weighted by Gasteiger charge is 2.33. The van der Waals surface area contributed by atoms with Crippen LogP contribution in [0.4, 0.5) is 18.9 Å². The number of anilines is 1. The average molecular weight is 375 g/mol. The number of hydrogen-bond donors (Lipinski definition) is 2. The molecule has 3 N–H and O–H groups in total. The zero-order valence-corrected chi connectivity index (χ0v) is 13.6. The number of nitrogens with one attached hydrogen (secondary N) is 1. The Morgan fingerprint density at radius 1 is 1.44 bits per heavy atom. The molecule has 0 atom stereocenters. The van der Waals surface area contributed by atoms with Crippen LogP contribution < -0.4 is 11.1 Å². The van der Waals surface area contributed by atoms with Gasteiger partial charge in [-0.15, -0.1) is 0 Å². The van der Waals surface area contributed by atoms with Gasteiger partial charge in [-0.1, -0.05) is 11.6 Å². The van der Waals surface area contributed by atoms with Gasteiger partial charge in [0.2, 0.25) is 6.41 Å². The van der Waals surface area contributed by atoms with E-state index in [1.165, 1.54) is 0 Å². The van der Waals surface area contributed by atoms with E-state index in [2.05, 4.69) is 5.32 Å². The molecule has 134 valence electrons. The summed E-state index contributed by atoms with van der Waals surface area (Å²) in [5, 5.41) is 10.7. The van der Waals surface area contributed by atoms with Crippen molar-refractivity contribution in [3.63, 3.8) is 0 Å². The van der Waals surface area contributed by atoms with Gasteiger partial charge in [0.15, 0.2) is 0 Å². The molecule has 6 nitrogen and oxygen atoms in total. The zero-order chi connectivity index (χ0) is 19.0. The third-order valence-electron chi connectivity index (χ3n) is 2.95. The summed E-state index contributed by atoms with van der Waals surface area (Å²) in [6.45, 7) is 0.495. The molecule has 0 unspecified atom stereocenters.